The van der Waals surface area contributed by atoms with E-state index in [1.165, 1.54) is 0 Å². The fourth-order valence-electron chi connectivity index (χ4n) is 1.86. The molecule has 1 aromatic carbocycles. The minimum atomic E-state index is 0.0198. The molecule has 0 fully saturated rings. The van der Waals surface area contributed by atoms with Gasteiger partial charge >= 0.3 is 5.69 Å². The highest BCUT2D eigenvalue weighted by molar-refractivity contribution is 5.62. The molecule has 15 heavy (non-hydrogen) atoms. The van der Waals surface area contributed by atoms with Crippen molar-refractivity contribution in [2.75, 3.05) is 0 Å². The Morgan fingerprint density at radius 1 is 1.00 bits per heavy atom. The van der Waals surface area contributed by atoms with Crippen LogP contribution in [0.1, 0.15) is 5.69 Å². The Hall–Kier alpha value is -1.77. The van der Waals surface area contributed by atoms with Gasteiger partial charge in [-0.1, -0.05) is 30.3 Å². The SMILES string of the molecule is Cc1c(-c2ccccc2)n(C)c(=O)n1C. The molecule has 0 radical (unpaired) electrons. The van der Waals surface area contributed by atoms with Crippen LogP contribution < -0.4 is 5.69 Å². The molecular formula is C12H14N2O. The Morgan fingerprint density at radius 3 is 2.07 bits per heavy atom. The fraction of sp³-hybridized carbons (Fsp3) is 0.250. The molecule has 0 unspecified atom stereocenters. The molecule has 1 aromatic heterocycles. The molecule has 1 heterocycles. The van der Waals surface area contributed by atoms with Crippen LogP contribution in [0.25, 0.3) is 11.3 Å². The molecule has 3 heteroatoms. The van der Waals surface area contributed by atoms with Crippen LogP contribution in [0.3, 0.4) is 0 Å². The van der Waals surface area contributed by atoms with Gasteiger partial charge in [0.15, 0.2) is 0 Å². The molecule has 0 aliphatic carbocycles. The van der Waals surface area contributed by atoms with Crippen LogP contribution in [0.5, 0.6) is 0 Å². The zero-order valence-corrected chi connectivity index (χ0v) is 9.19. The number of benzene rings is 1. The van der Waals surface area contributed by atoms with Crippen LogP contribution in [0.2, 0.25) is 0 Å². The summed E-state index contributed by atoms with van der Waals surface area (Å²) in [4.78, 5) is 11.7. The van der Waals surface area contributed by atoms with E-state index < -0.39 is 0 Å². The van der Waals surface area contributed by atoms with Crippen LogP contribution in [-0.2, 0) is 14.1 Å². The Bertz CT molecular complexity index is 535. The van der Waals surface area contributed by atoms with Crippen LogP contribution in [0, 0.1) is 6.92 Å². The molecule has 3 nitrogen and oxygen atoms in total. The quantitative estimate of drug-likeness (QED) is 0.691. The van der Waals surface area contributed by atoms with E-state index in [4.69, 9.17) is 0 Å². The first-order valence-corrected chi connectivity index (χ1v) is 4.90. The summed E-state index contributed by atoms with van der Waals surface area (Å²) >= 11 is 0. The van der Waals surface area contributed by atoms with Crippen molar-refractivity contribution in [3.63, 3.8) is 0 Å². The highest BCUT2D eigenvalue weighted by atomic mass is 16.1. The fourth-order valence-corrected chi connectivity index (χ4v) is 1.86. The topological polar surface area (TPSA) is 26.9 Å². The molecule has 0 saturated carbocycles. The van der Waals surface area contributed by atoms with Crippen molar-refractivity contribution >= 4 is 0 Å². The minimum Gasteiger partial charge on any atom is -0.299 e. The lowest BCUT2D eigenvalue weighted by Crippen LogP contribution is -2.20. The summed E-state index contributed by atoms with van der Waals surface area (Å²) in [5.41, 5.74) is 3.08. The molecule has 0 bridgehead atoms. The molecule has 2 rings (SSSR count). The summed E-state index contributed by atoms with van der Waals surface area (Å²) in [5.74, 6) is 0. The minimum absolute atomic E-state index is 0.0198. The number of hydrogen-bond acceptors (Lipinski definition) is 1. The first-order valence-electron chi connectivity index (χ1n) is 4.90. The largest absolute Gasteiger partial charge is 0.328 e. The Kier molecular flexibility index (Phi) is 2.23. The van der Waals surface area contributed by atoms with Gasteiger partial charge in [0.05, 0.1) is 5.69 Å². The normalized spacial score (nSPS) is 10.6. The van der Waals surface area contributed by atoms with E-state index >= 15 is 0 Å². The molecule has 0 aliphatic heterocycles. The van der Waals surface area contributed by atoms with E-state index in [0.29, 0.717) is 0 Å². The predicted molar refractivity (Wildman–Crippen MR) is 60.8 cm³/mol. The number of rotatable bonds is 1. The van der Waals surface area contributed by atoms with Crippen molar-refractivity contribution < 1.29 is 0 Å². The van der Waals surface area contributed by atoms with Crippen LogP contribution >= 0.6 is 0 Å². The van der Waals surface area contributed by atoms with E-state index in [1.54, 1.807) is 23.2 Å². The molecular weight excluding hydrogens is 188 g/mol. The third-order valence-corrected chi connectivity index (χ3v) is 2.80. The zero-order chi connectivity index (χ0) is 11.0. The summed E-state index contributed by atoms with van der Waals surface area (Å²) in [6, 6.07) is 9.96. The second-order valence-electron chi connectivity index (χ2n) is 3.70. The number of nitrogens with zero attached hydrogens (tertiary/aromatic N) is 2. The van der Waals surface area contributed by atoms with Gasteiger partial charge in [-0.15, -0.1) is 0 Å². The lowest BCUT2D eigenvalue weighted by atomic mass is 10.1. The van der Waals surface area contributed by atoms with Gasteiger partial charge in [-0.2, -0.15) is 0 Å². The standard InChI is InChI=1S/C12H14N2O/c1-9-11(10-7-5-4-6-8-10)14(3)12(15)13(9)2/h4-8H,1-3H3. The van der Waals surface area contributed by atoms with Crippen LogP contribution in [-0.4, -0.2) is 9.13 Å². The van der Waals surface area contributed by atoms with Gasteiger partial charge in [0, 0.05) is 25.4 Å². The lowest BCUT2D eigenvalue weighted by molar-refractivity contribution is 0.767. The Morgan fingerprint density at radius 2 is 1.60 bits per heavy atom. The summed E-state index contributed by atoms with van der Waals surface area (Å²) in [5, 5.41) is 0. The molecule has 0 saturated heterocycles. The second-order valence-corrected chi connectivity index (χ2v) is 3.70. The average Bonchev–Trinajstić information content (AvgIpc) is 2.45. The van der Waals surface area contributed by atoms with E-state index in [9.17, 15) is 4.79 Å². The summed E-state index contributed by atoms with van der Waals surface area (Å²) < 4.78 is 3.35. The summed E-state index contributed by atoms with van der Waals surface area (Å²) in [6.45, 7) is 1.96. The van der Waals surface area contributed by atoms with E-state index in [0.717, 1.165) is 17.0 Å². The average molecular weight is 202 g/mol. The van der Waals surface area contributed by atoms with Gasteiger partial charge in [0.2, 0.25) is 0 Å². The molecule has 0 atom stereocenters. The van der Waals surface area contributed by atoms with Gasteiger partial charge in [-0.05, 0) is 6.92 Å². The summed E-state index contributed by atoms with van der Waals surface area (Å²) in [6.07, 6.45) is 0. The highest BCUT2D eigenvalue weighted by Crippen LogP contribution is 2.20. The van der Waals surface area contributed by atoms with Gasteiger partial charge in [0.1, 0.15) is 0 Å². The smallest absolute Gasteiger partial charge is 0.299 e. The Balaban J connectivity index is 2.75. The van der Waals surface area contributed by atoms with Crippen LogP contribution in [0.15, 0.2) is 35.1 Å². The second kappa shape index (κ2) is 3.42. The summed E-state index contributed by atoms with van der Waals surface area (Å²) in [7, 11) is 3.60. The van der Waals surface area contributed by atoms with Crippen molar-refractivity contribution in [2.45, 2.75) is 6.92 Å². The van der Waals surface area contributed by atoms with Crippen LogP contribution in [0.4, 0.5) is 0 Å². The lowest BCUT2D eigenvalue weighted by Gasteiger charge is -2.03. The first kappa shape index (κ1) is 9.77. The van der Waals surface area contributed by atoms with Crippen molar-refractivity contribution in [3.8, 4) is 11.3 Å². The van der Waals surface area contributed by atoms with E-state index in [1.807, 2.05) is 37.3 Å². The monoisotopic (exact) mass is 202 g/mol. The molecule has 0 aliphatic rings. The third-order valence-electron chi connectivity index (χ3n) is 2.80. The van der Waals surface area contributed by atoms with Gasteiger partial charge in [-0.25, -0.2) is 4.79 Å². The molecule has 0 N–H and O–H groups in total. The highest BCUT2D eigenvalue weighted by Gasteiger charge is 2.12. The predicted octanol–water partition coefficient (Wildman–Crippen LogP) is 1.70. The van der Waals surface area contributed by atoms with Gasteiger partial charge in [0.25, 0.3) is 0 Å². The molecule has 0 spiro atoms. The molecule has 0 amide bonds. The molecule has 2 aromatic rings. The van der Waals surface area contributed by atoms with E-state index in [-0.39, 0.29) is 5.69 Å². The van der Waals surface area contributed by atoms with Crippen molar-refractivity contribution in [3.05, 3.63) is 46.5 Å². The maximum atomic E-state index is 11.7. The van der Waals surface area contributed by atoms with Crippen molar-refractivity contribution in [1.29, 1.82) is 0 Å². The van der Waals surface area contributed by atoms with Gasteiger partial charge < -0.3 is 0 Å². The zero-order valence-electron chi connectivity index (χ0n) is 9.19. The molecule has 78 valence electrons. The maximum absolute atomic E-state index is 11.7. The maximum Gasteiger partial charge on any atom is 0.328 e. The Labute approximate surface area is 88.6 Å². The van der Waals surface area contributed by atoms with Crippen molar-refractivity contribution in [1.82, 2.24) is 9.13 Å². The number of hydrogen-bond donors (Lipinski definition) is 0. The van der Waals surface area contributed by atoms with Crippen molar-refractivity contribution in [2.24, 2.45) is 14.1 Å². The van der Waals surface area contributed by atoms with E-state index in [2.05, 4.69) is 0 Å². The van der Waals surface area contributed by atoms with Gasteiger partial charge in [-0.3, -0.25) is 9.13 Å². The number of aromatic nitrogens is 2. The number of imidazole rings is 1. The third kappa shape index (κ3) is 1.40. The first-order chi connectivity index (χ1) is 7.13.